The van der Waals surface area contributed by atoms with E-state index in [1.807, 2.05) is 19.0 Å². The van der Waals surface area contributed by atoms with Crippen molar-refractivity contribution in [3.05, 3.63) is 0 Å². The number of aromatic nitrogens is 3. The van der Waals surface area contributed by atoms with Crippen LogP contribution in [-0.4, -0.2) is 35.1 Å². The lowest BCUT2D eigenvalue weighted by Gasteiger charge is -2.35. The molecule has 1 aromatic heterocycles. The van der Waals surface area contributed by atoms with Crippen LogP contribution < -0.4 is 21.5 Å². The van der Waals surface area contributed by atoms with Crippen LogP contribution in [-0.2, 0) is 0 Å². The van der Waals surface area contributed by atoms with E-state index in [1.165, 1.54) is 12.8 Å². The van der Waals surface area contributed by atoms with Crippen molar-refractivity contribution in [2.24, 2.45) is 11.3 Å². The van der Waals surface area contributed by atoms with Gasteiger partial charge in [-0.3, -0.25) is 5.43 Å². The molecule has 1 fully saturated rings. The SMILES string of the molecule is CN(C)c1nc(NN)nc(NC2CCCC(C)(C)C2)n1. The lowest BCUT2D eigenvalue weighted by molar-refractivity contribution is 0.229. The summed E-state index contributed by atoms with van der Waals surface area (Å²) in [4.78, 5) is 14.7. The Morgan fingerprint density at radius 2 is 1.90 bits per heavy atom. The summed E-state index contributed by atoms with van der Waals surface area (Å²) in [5.41, 5.74) is 2.86. The monoisotopic (exact) mass is 279 g/mol. The molecule has 0 aliphatic heterocycles. The molecule has 1 heterocycles. The molecule has 112 valence electrons. The Hall–Kier alpha value is -1.63. The molecule has 1 saturated carbocycles. The van der Waals surface area contributed by atoms with Gasteiger partial charge >= 0.3 is 0 Å². The van der Waals surface area contributed by atoms with Gasteiger partial charge in [-0.1, -0.05) is 20.3 Å². The molecule has 0 spiro atoms. The summed E-state index contributed by atoms with van der Waals surface area (Å²) >= 11 is 0. The molecule has 0 amide bonds. The molecule has 0 radical (unpaired) electrons. The minimum absolute atomic E-state index is 0.376. The third kappa shape index (κ3) is 3.69. The smallest absolute Gasteiger partial charge is 0.243 e. The molecule has 0 aromatic carbocycles. The molecule has 1 aromatic rings. The molecule has 20 heavy (non-hydrogen) atoms. The average Bonchev–Trinajstić information content (AvgIpc) is 2.37. The van der Waals surface area contributed by atoms with Gasteiger partial charge in [0.05, 0.1) is 0 Å². The van der Waals surface area contributed by atoms with Crippen molar-refractivity contribution in [3.63, 3.8) is 0 Å². The lowest BCUT2D eigenvalue weighted by atomic mass is 9.75. The number of hydrazine groups is 1. The van der Waals surface area contributed by atoms with Crippen molar-refractivity contribution < 1.29 is 0 Å². The zero-order valence-electron chi connectivity index (χ0n) is 12.8. The van der Waals surface area contributed by atoms with E-state index in [4.69, 9.17) is 5.84 Å². The first kappa shape index (κ1) is 14.8. The van der Waals surface area contributed by atoms with Crippen molar-refractivity contribution >= 4 is 17.8 Å². The van der Waals surface area contributed by atoms with E-state index in [2.05, 4.69) is 39.5 Å². The highest BCUT2D eigenvalue weighted by Crippen LogP contribution is 2.36. The predicted octanol–water partition coefficient (Wildman–Crippen LogP) is 1.60. The predicted molar refractivity (Wildman–Crippen MR) is 81.6 cm³/mol. The summed E-state index contributed by atoms with van der Waals surface area (Å²) in [5.74, 6) is 6.96. The maximum atomic E-state index is 5.41. The summed E-state index contributed by atoms with van der Waals surface area (Å²) in [6.45, 7) is 4.62. The van der Waals surface area contributed by atoms with E-state index >= 15 is 0 Å². The number of anilines is 3. The van der Waals surface area contributed by atoms with Gasteiger partial charge in [0.25, 0.3) is 0 Å². The number of hydrogen-bond donors (Lipinski definition) is 3. The minimum Gasteiger partial charge on any atom is -0.351 e. The van der Waals surface area contributed by atoms with Gasteiger partial charge in [-0.2, -0.15) is 15.0 Å². The third-order valence-electron chi connectivity index (χ3n) is 3.69. The van der Waals surface area contributed by atoms with E-state index in [1.54, 1.807) is 0 Å². The van der Waals surface area contributed by atoms with Crippen molar-refractivity contribution in [1.82, 2.24) is 15.0 Å². The Labute approximate surface area is 120 Å². The van der Waals surface area contributed by atoms with Crippen LogP contribution in [0.15, 0.2) is 0 Å². The summed E-state index contributed by atoms with van der Waals surface area (Å²) in [5, 5.41) is 3.42. The first-order valence-electron chi connectivity index (χ1n) is 7.06. The molecule has 0 saturated heterocycles. The second kappa shape index (κ2) is 5.78. The molecule has 1 aliphatic rings. The van der Waals surface area contributed by atoms with Crippen LogP contribution in [0.5, 0.6) is 0 Å². The molecule has 1 atom stereocenters. The van der Waals surface area contributed by atoms with Crippen molar-refractivity contribution in [2.75, 3.05) is 29.7 Å². The third-order valence-corrected chi connectivity index (χ3v) is 3.69. The van der Waals surface area contributed by atoms with Crippen LogP contribution in [0.25, 0.3) is 0 Å². The van der Waals surface area contributed by atoms with Crippen molar-refractivity contribution in [1.29, 1.82) is 0 Å². The Bertz CT molecular complexity index is 458. The Morgan fingerprint density at radius 3 is 2.50 bits per heavy atom. The number of nitrogens with two attached hydrogens (primary N) is 1. The molecule has 4 N–H and O–H groups in total. The normalized spacial score (nSPS) is 21.4. The van der Waals surface area contributed by atoms with Gasteiger partial charge in [0.2, 0.25) is 17.8 Å². The topological polar surface area (TPSA) is 92.0 Å². The molecule has 7 nitrogen and oxygen atoms in total. The largest absolute Gasteiger partial charge is 0.351 e. The Morgan fingerprint density at radius 1 is 1.20 bits per heavy atom. The summed E-state index contributed by atoms with van der Waals surface area (Å²) in [6.07, 6.45) is 4.79. The first-order chi connectivity index (χ1) is 9.39. The highest BCUT2D eigenvalue weighted by Gasteiger charge is 2.28. The highest BCUT2D eigenvalue weighted by atomic mass is 15.4. The van der Waals surface area contributed by atoms with E-state index in [-0.39, 0.29) is 0 Å². The highest BCUT2D eigenvalue weighted by molar-refractivity contribution is 5.42. The van der Waals surface area contributed by atoms with E-state index in [9.17, 15) is 0 Å². The lowest BCUT2D eigenvalue weighted by Crippen LogP contribution is -2.32. The molecule has 0 bridgehead atoms. The van der Waals surface area contributed by atoms with Gasteiger partial charge in [0, 0.05) is 20.1 Å². The van der Waals surface area contributed by atoms with Gasteiger partial charge in [0.15, 0.2) is 0 Å². The number of nitrogen functional groups attached to an aromatic ring is 1. The maximum Gasteiger partial charge on any atom is 0.243 e. The Kier molecular flexibility index (Phi) is 4.27. The van der Waals surface area contributed by atoms with Crippen molar-refractivity contribution in [2.45, 2.75) is 45.6 Å². The number of hydrogen-bond acceptors (Lipinski definition) is 7. The van der Waals surface area contributed by atoms with Gasteiger partial charge in [-0.25, -0.2) is 5.84 Å². The van der Waals surface area contributed by atoms with Crippen LogP contribution in [0.3, 0.4) is 0 Å². The second-order valence-electron chi connectivity index (χ2n) is 6.42. The molecular weight excluding hydrogens is 254 g/mol. The maximum absolute atomic E-state index is 5.41. The van der Waals surface area contributed by atoms with E-state index in [0.29, 0.717) is 29.3 Å². The zero-order valence-corrected chi connectivity index (χ0v) is 12.8. The molecule has 1 unspecified atom stereocenters. The quantitative estimate of drug-likeness (QED) is 0.569. The van der Waals surface area contributed by atoms with E-state index < -0.39 is 0 Å². The number of nitrogens with zero attached hydrogens (tertiary/aromatic N) is 4. The Balaban J connectivity index is 2.14. The van der Waals surface area contributed by atoms with Gasteiger partial charge in [-0.05, 0) is 24.7 Å². The van der Waals surface area contributed by atoms with Crippen LogP contribution in [0, 0.1) is 5.41 Å². The molecule has 2 rings (SSSR count). The standard InChI is InChI=1S/C13H25N7/c1-13(2)7-5-6-9(8-13)15-10-16-11(19-14)18-12(17-10)20(3)4/h9H,5-8,14H2,1-4H3,(H2,15,16,17,18,19). The van der Waals surface area contributed by atoms with Gasteiger partial charge < -0.3 is 10.2 Å². The molecule has 1 aliphatic carbocycles. The number of rotatable bonds is 4. The summed E-state index contributed by atoms with van der Waals surface area (Å²) < 4.78 is 0. The van der Waals surface area contributed by atoms with Crippen LogP contribution in [0.4, 0.5) is 17.8 Å². The average molecular weight is 279 g/mol. The van der Waals surface area contributed by atoms with Gasteiger partial charge in [-0.15, -0.1) is 0 Å². The number of nitrogens with one attached hydrogen (secondary N) is 2. The molecular formula is C13H25N7. The van der Waals surface area contributed by atoms with E-state index in [0.717, 1.165) is 12.8 Å². The van der Waals surface area contributed by atoms with Crippen LogP contribution in [0.1, 0.15) is 39.5 Å². The molecule has 7 heteroatoms. The zero-order chi connectivity index (χ0) is 14.8. The van der Waals surface area contributed by atoms with Gasteiger partial charge in [0.1, 0.15) is 0 Å². The summed E-state index contributed by atoms with van der Waals surface area (Å²) in [7, 11) is 3.78. The first-order valence-corrected chi connectivity index (χ1v) is 7.06. The second-order valence-corrected chi connectivity index (χ2v) is 6.42. The fourth-order valence-corrected chi connectivity index (χ4v) is 2.70. The fourth-order valence-electron chi connectivity index (χ4n) is 2.70. The van der Waals surface area contributed by atoms with Crippen LogP contribution in [0.2, 0.25) is 0 Å². The fraction of sp³-hybridized carbons (Fsp3) is 0.769. The van der Waals surface area contributed by atoms with Crippen molar-refractivity contribution in [3.8, 4) is 0 Å². The summed E-state index contributed by atoms with van der Waals surface area (Å²) in [6, 6.07) is 0.404. The minimum atomic E-state index is 0.376. The van der Waals surface area contributed by atoms with Crippen LogP contribution >= 0.6 is 0 Å².